The quantitative estimate of drug-likeness (QED) is 0.863. The van der Waals surface area contributed by atoms with Crippen LogP contribution in [0.25, 0.3) is 0 Å². The first-order chi connectivity index (χ1) is 7.25. The van der Waals surface area contributed by atoms with Crippen LogP contribution in [-0.4, -0.2) is 11.1 Å². The van der Waals surface area contributed by atoms with Crippen molar-refractivity contribution in [1.29, 1.82) is 0 Å². The topological polar surface area (TPSA) is 50.4 Å². The average molecular weight is 220 g/mol. The monoisotopic (exact) mass is 220 g/mol. The standard InChI is InChI=1S/C11H8O3S/c12-11(13)8-6-10(14-7-8)15-9-4-2-1-3-5-9/h1-7H,(H,12,13). The molecule has 2 rings (SSSR count). The molecular weight excluding hydrogens is 212 g/mol. The molecule has 0 fully saturated rings. The van der Waals surface area contributed by atoms with E-state index in [1.807, 2.05) is 30.3 Å². The van der Waals surface area contributed by atoms with Gasteiger partial charge in [-0.05, 0) is 12.1 Å². The Morgan fingerprint density at radius 1 is 1.27 bits per heavy atom. The molecule has 4 heteroatoms. The molecule has 0 saturated carbocycles. The molecule has 1 N–H and O–H groups in total. The molecule has 0 aliphatic carbocycles. The fourth-order valence-corrected chi connectivity index (χ4v) is 1.89. The van der Waals surface area contributed by atoms with Crippen LogP contribution in [0.4, 0.5) is 0 Å². The normalized spacial score (nSPS) is 10.1. The molecule has 0 atom stereocenters. The van der Waals surface area contributed by atoms with Crippen LogP contribution < -0.4 is 0 Å². The van der Waals surface area contributed by atoms with E-state index < -0.39 is 5.97 Å². The molecule has 0 radical (unpaired) electrons. The minimum absolute atomic E-state index is 0.174. The van der Waals surface area contributed by atoms with Crippen molar-refractivity contribution in [3.8, 4) is 0 Å². The van der Waals surface area contributed by atoms with Gasteiger partial charge in [-0.25, -0.2) is 4.79 Å². The summed E-state index contributed by atoms with van der Waals surface area (Å²) in [5.74, 6) is -0.973. The van der Waals surface area contributed by atoms with Crippen molar-refractivity contribution in [2.24, 2.45) is 0 Å². The van der Waals surface area contributed by atoms with E-state index in [0.717, 1.165) is 4.90 Å². The van der Waals surface area contributed by atoms with Crippen LogP contribution in [-0.2, 0) is 0 Å². The van der Waals surface area contributed by atoms with Crippen molar-refractivity contribution in [1.82, 2.24) is 0 Å². The van der Waals surface area contributed by atoms with Gasteiger partial charge in [-0.1, -0.05) is 30.0 Å². The van der Waals surface area contributed by atoms with Gasteiger partial charge < -0.3 is 9.52 Å². The van der Waals surface area contributed by atoms with Crippen molar-refractivity contribution in [2.75, 3.05) is 0 Å². The molecule has 3 nitrogen and oxygen atoms in total. The third-order valence-electron chi connectivity index (χ3n) is 1.78. The molecule has 1 heterocycles. The van der Waals surface area contributed by atoms with E-state index >= 15 is 0 Å². The Balaban J connectivity index is 2.15. The Kier molecular flexibility index (Phi) is 2.78. The molecule has 76 valence electrons. The number of carbonyl (C=O) groups is 1. The molecule has 0 unspecified atom stereocenters. The van der Waals surface area contributed by atoms with Gasteiger partial charge >= 0.3 is 5.97 Å². The molecule has 2 aromatic rings. The van der Waals surface area contributed by atoms with Crippen LogP contribution in [0.1, 0.15) is 10.4 Å². The highest BCUT2D eigenvalue weighted by Crippen LogP contribution is 2.28. The highest BCUT2D eigenvalue weighted by molar-refractivity contribution is 7.99. The van der Waals surface area contributed by atoms with Crippen molar-refractivity contribution < 1.29 is 14.3 Å². The molecule has 15 heavy (non-hydrogen) atoms. The summed E-state index contributed by atoms with van der Waals surface area (Å²) < 4.78 is 5.11. The molecule has 0 bridgehead atoms. The van der Waals surface area contributed by atoms with Crippen molar-refractivity contribution in [3.63, 3.8) is 0 Å². The second kappa shape index (κ2) is 4.23. The number of furan rings is 1. The molecule has 0 aliphatic rings. The Hall–Kier alpha value is -1.68. The van der Waals surface area contributed by atoms with Crippen LogP contribution in [0.3, 0.4) is 0 Å². The van der Waals surface area contributed by atoms with Gasteiger partial charge in [0.1, 0.15) is 6.26 Å². The Bertz CT molecular complexity index is 462. The zero-order chi connectivity index (χ0) is 10.7. The zero-order valence-corrected chi connectivity index (χ0v) is 8.53. The lowest BCUT2D eigenvalue weighted by Gasteiger charge is -1.94. The molecule has 1 aromatic heterocycles. The second-order valence-electron chi connectivity index (χ2n) is 2.87. The summed E-state index contributed by atoms with van der Waals surface area (Å²) in [6.45, 7) is 0. The average Bonchev–Trinajstić information content (AvgIpc) is 2.68. The highest BCUT2D eigenvalue weighted by atomic mass is 32.2. The maximum absolute atomic E-state index is 10.6. The van der Waals surface area contributed by atoms with E-state index in [1.165, 1.54) is 24.1 Å². The number of hydrogen-bond acceptors (Lipinski definition) is 3. The smallest absolute Gasteiger partial charge is 0.339 e. The van der Waals surface area contributed by atoms with Crippen molar-refractivity contribution in [3.05, 3.63) is 48.2 Å². The van der Waals surface area contributed by atoms with Crippen LogP contribution >= 0.6 is 11.8 Å². The van der Waals surface area contributed by atoms with Crippen molar-refractivity contribution in [2.45, 2.75) is 9.99 Å². The van der Waals surface area contributed by atoms with Crippen LogP contribution in [0.15, 0.2) is 57.1 Å². The number of rotatable bonds is 3. The van der Waals surface area contributed by atoms with Gasteiger partial charge in [-0.15, -0.1) is 0 Å². The predicted molar refractivity (Wildman–Crippen MR) is 56.2 cm³/mol. The molecule has 0 aliphatic heterocycles. The fourth-order valence-electron chi connectivity index (χ4n) is 1.09. The summed E-state index contributed by atoms with van der Waals surface area (Å²) in [6, 6.07) is 11.2. The van der Waals surface area contributed by atoms with Crippen LogP contribution in [0.5, 0.6) is 0 Å². The summed E-state index contributed by atoms with van der Waals surface area (Å²) in [4.78, 5) is 11.6. The van der Waals surface area contributed by atoms with Gasteiger partial charge in [-0.3, -0.25) is 0 Å². The molecule has 1 aromatic carbocycles. The zero-order valence-electron chi connectivity index (χ0n) is 7.71. The van der Waals surface area contributed by atoms with Gasteiger partial charge in [0.25, 0.3) is 0 Å². The number of hydrogen-bond donors (Lipinski definition) is 1. The summed E-state index contributed by atoms with van der Waals surface area (Å²) in [5, 5.41) is 9.28. The van der Waals surface area contributed by atoms with Crippen LogP contribution in [0, 0.1) is 0 Å². The third kappa shape index (κ3) is 2.41. The van der Waals surface area contributed by atoms with E-state index in [4.69, 9.17) is 9.52 Å². The number of carboxylic acids is 1. The summed E-state index contributed by atoms with van der Waals surface area (Å²) >= 11 is 1.40. The fraction of sp³-hybridized carbons (Fsp3) is 0. The second-order valence-corrected chi connectivity index (χ2v) is 3.95. The Morgan fingerprint density at radius 2 is 2.00 bits per heavy atom. The van der Waals surface area contributed by atoms with E-state index in [2.05, 4.69) is 0 Å². The van der Waals surface area contributed by atoms with E-state index in [9.17, 15) is 4.79 Å². The number of carboxylic acid groups (broad SMARTS) is 1. The van der Waals surface area contributed by atoms with Gasteiger partial charge in [0, 0.05) is 11.0 Å². The van der Waals surface area contributed by atoms with E-state index in [-0.39, 0.29) is 5.56 Å². The van der Waals surface area contributed by atoms with E-state index in [0.29, 0.717) is 5.09 Å². The minimum Gasteiger partial charge on any atom is -0.478 e. The summed E-state index contributed by atoms with van der Waals surface area (Å²) in [6.07, 6.45) is 1.24. The summed E-state index contributed by atoms with van der Waals surface area (Å²) in [5.41, 5.74) is 0.174. The first kappa shape index (κ1) is 9.86. The molecule has 0 amide bonds. The van der Waals surface area contributed by atoms with Gasteiger partial charge in [0.2, 0.25) is 0 Å². The maximum Gasteiger partial charge on any atom is 0.339 e. The lowest BCUT2D eigenvalue weighted by molar-refractivity contribution is 0.0696. The minimum atomic E-state index is -0.973. The first-order valence-electron chi connectivity index (χ1n) is 4.30. The summed E-state index contributed by atoms with van der Waals surface area (Å²) in [7, 11) is 0. The Labute approximate surface area is 90.7 Å². The Morgan fingerprint density at radius 3 is 2.60 bits per heavy atom. The molecule has 0 spiro atoms. The van der Waals surface area contributed by atoms with Crippen molar-refractivity contribution >= 4 is 17.7 Å². The number of benzene rings is 1. The van der Waals surface area contributed by atoms with Gasteiger partial charge in [0.15, 0.2) is 5.09 Å². The lowest BCUT2D eigenvalue weighted by Crippen LogP contribution is -1.91. The number of aromatic carboxylic acids is 1. The molecule has 0 saturated heterocycles. The molecular formula is C11H8O3S. The van der Waals surface area contributed by atoms with E-state index in [1.54, 1.807) is 0 Å². The predicted octanol–water partition coefficient (Wildman–Crippen LogP) is 3.13. The maximum atomic E-state index is 10.6. The van der Waals surface area contributed by atoms with Gasteiger partial charge in [-0.2, -0.15) is 0 Å². The SMILES string of the molecule is O=C(O)c1coc(Sc2ccccc2)c1. The highest BCUT2D eigenvalue weighted by Gasteiger charge is 2.08. The van der Waals surface area contributed by atoms with Crippen LogP contribution in [0.2, 0.25) is 0 Å². The lowest BCUT2D eigenvalue weighted by atomic mass is 10.4. The first-order valence-corrected chi connectivity index (χ1v) is 5.12. The van der Waals surface area contributed by atoms with Gasteiger partial charge in [0.05, 0.1) is 5.56 Å². The third-order valence-corrected chi connectivity index (χ3v) is 2.71. The largest absolute Gasteiger partial charge is 0.478 e.